The zero-order chi connectivity index (χ0) is 33.2. The summed E-state index contributed by atoms with van der Waals surface area (Å²) in [6, 6.07) is 4.18. The van der Waals surface area contributed by atoms with E-state index in [0.29, 0.717) is 0 Å². The van der Waals surface area contributed by atoms with Crippen LogP contribution >= 0.6 is 0 Å². The summed E-state index contributed by atoms with van der Waals surface area (Å²) in [4.78, 5) is 0.00178. The van der Waals surface area contributed by atoms with Crippen molar-refractivity contribution in [2.24, 2.45) is 0 Å². The van der Waals surface area contributed by atoms with Crippen molar-refractivity contribution >= 4 is 10.0 Å². The Labute approximate surface area is 265 Å². The Balaban J connectivity index is 2.88. The van der Waals surface area contributed by atoms with Gasteiger partial charge in [0.1, 0.15) is 71.3 Å². The van der Waals surface area contributed by atoms with Crippen LogP contribution in [0.25, 0.3) is 0 Å². The third kappa shape index (κ3) is 11.1. The number of rotatable bonds is 25. The lowest BCUT2D eigenvalue weighted by molar-refractivity contribution is -0.231. The number of ether oxygens (including phenoxy) is 12. The first-order valence-corrected chi connectivity index (χ1v) is 15.5. The van der Waals surface area contributed by atoms with Crippen molar-refractivity contribution in [2.75, 3.05) is 96.6 Å². The maximum atomic E-state index is 14.7. The van der Waals surface area contributed by atoms with E-state index in [0.717, 1.165) is 5.56 Å². The van der Waals surface area contributed by atoms with Crippen LogP contribution in [-0.4, -0.2) is 157 Å². The van der Waals surface area contributed by atoms with Gasteiger partial charge in [0.2, 0.25) is 10.0 Å². The van der Waals surface area contributed by atoms with Gasteiger partial charge < -0.3 is 61.9 Å². The Morgan fingerprint density at radius 1 is 0.733 bits per heavy atom. The van der Waals surface area contributed by atoms with E-state index < -0.39 is 59.2 Å². The van der Waals surface area contributed by atoms with E-state index in [-0.39, 0.29) is 52.3 Å². The molecule has 17 heteroatoms. The fraction of sp³-hybridized carbons (Fsp3) is 0.786. The fourth-order valence-corrected chi connectivity index (χ4v) is 6.86. The molecule has 0 radical (unpaired) electrons. The van der Waals surface area contributed by atoms with Crippen LogP contribution in [0.1, 0.15) is 5.56 Å². The molecule has 1 N–H and O–H groups in total. The van der Waals surface area contributed by atoms with Crippen LogP contribution in [0.4, 0.5) is 0 Å². The average Bonchev–Trinajstić information content (AvgIpc) is 3.34. The molecule has 262 valence electrons. The summed E-state index contributed by atoms with van der Waals surface area (Å²) in [5.74, 6) is 0. The van der Waals surface area contributed by atoms with Gasteiger partial charge in [-0.3, -0.25) is 0 Å². The van der Waals surface area contributed by atoms with Crippen LogP contribution in [0, 0.1) is 6.92 Å². The van der Waals surface area contributed by atoms with Gasteiger partial charge >= 0.3 is 0 Å². The van der Waals surface area contributed by atoms with Crippen molar-refractivity contribution in [3.8, 4) is 0 Å². The van der Waals surface area contributed by atoms with Crippen molar-refractivity contribution < 1.29 is 70.4 Å². The second-order valence-corrected chi connectivity index (χ2v) is 11.8. The molecule has 1 aliphatic rings. The maximum Gasteiger partial charge on any atom is 0.243 e. The van der Waals surface area contributed by atoms with E-state index in [1.165, 1.54) is 59.1 Å². The summed E-state index contributed by atoms with van der Waals surface area (Å²) in [5.41, 5.74) is 0.866. The van der Waals surface area contributed by atoms with E-state index in [9.17, 15) is 13.5 Å². The maximum absolute atomic E-state index is 14.7. The second-order valence-electron chi connectivity index (χ2n) is 9.93. The molecule has 0 aromatic heterocycles. The topological polar surface area (TPSA) is 168 Å². The zero-order valence-electron chi connectivity index (χ0n) is 27.0. The van der Waals surface area contributed by atoms with Crippen LogP contribution in [0.15, 0.2) is 29.2 Å². The first-order chi connectivity index (χ1) is 21.8. The van der Waals surface area contributed by atoms with Gasteiger partial charge in [0.25, 0.3) is 0 Å². The molecule has 16 nitrogen and oxygen atoms in total. The minimum Gasteiger partial charge on any atom is -0.394 e. The molecule has 0 amide bonds. The van der Waals surface area contributed by atoms with E-state index >= 15 is 0 Å². The fourth-order valence-electron chi connectivity index (χ4n) is 5.04. The van der Waals surface area contributed by atoms with Crippen molar-refractivity contribution in [2.45, 2.75) is 54.4 Å². The summed E-state index contributed by atoms with van der Waals surface area (Å²) < 4.78 is 97.6. The number of aliphatic hydroxyl groups excluding tert-OH is 1. The Bertz CT molecular complexity index is 1020. The van der Waals surface area contributed by atoms with Gasteiger partial charge in [0.05, 0.1) is 30.2 Å². The molecule has 1 aromatic rings. The normalized spacial score (nSPS) is 22.9. The van der Waals surface area contributed by atoms with E-state index in [1.54, 1.807) is 12.1 Å². The van der Waals surface area contributed by atoms with Crippen molar-refractivity contribution in [1.29, 1.82) is 0 Å². The van der Waals surface area contributed by atoms with Crippen LogP contribution in [0.5, 0.6) is 0 Å². The molecule has 0 unspecified atom stereocenters. The Kier molecular flexibility index (Phi) is 19.0. The summed E-state index contributed by atoms with van der Waals surface area (Å²) in [7, 11) is 4.21. The number of aryl methyl sites for hydroxylation is 1. The molecule has 0 bridgehead atoms. The lowest BCUT2D eigenvalue weighted by atomic mass is 9.96. The highest BCUT2D eigenvalue weighted by Gasteiger charge is 2.60. The minimum atomic E-state index is -4.35. The van der Waals surface area contributed by atoms with Gasteiger partial charge in [-0.2, -0.15) is 4.31 Å². The molecule has 1 aromatic carbocycles. The minimum absolute atomic E-state index is 0.00178. The Hall–Kier alpha value is -1.39. The van der Waals surface area contributed by atoms with E-state index in [2.05, 4.69) is 0 Å². The van der Waals surface area contributed by atoms with E-state index in [1.807, 2.05) is 6.92 Å². The summed E-state index contributed by atoms with van der Waals surface area (Å²) in [5, 5.41) is 10.4. The number of nitrogens with zero attached hydrogens (tertiary/aromatic N) is 1. The predicted molar refractivity (Wildman–Crippen MR) is 156 cm³/mol. The number of aliphatic hydroxyl groups is 1. The number of methoxy groups -OCH3 is 6. The van der Waals surface area contributed by atoms with Crippen molar-refractivity contribution in [1.82, 2.24) is 4.31 Å². The first kappa shape index (κ1) is 39.8. The van der Waals surface area contributed by atoms with Gasteiger partial charge in [0, 0.05) is 42.7 Å². The van der Waals surface area contributed by atoms with Crippen LogP contribution in [0.2, 0.25) is 0 Å². The lowest BCUT2D eigenvalue weighted by Crippen LogP contribution is -2.59. The number of hydrogen-bond donors (Lipinski definition) is 1. The Morgan fingerprint density at radius 2 is 1.27 bits per heavy atom. The molecule has 0 saturated carbocycles. The first-order valence-electron chi connectivity index (χ1n) is 14.1. The quantitative estimate of drug-likeness (QED) is 0.111. The molecule has 1 heterocycles. The molecular formula is C28H49NO15S. The highest BCUT2D eigenvalue weighted by atomic mass is 32.2. The monoisotopic (exact) mass is 671 g/mol. The third-order valence-electron chi connectivity index (χ3n) is 6.87. The molecule has 2 rings (SSSR count). The third-order valence-corrected chi connectivity index (χ3v) is 8.80. The van der Waals surface area contributed by atoms with Crippen LogP contribution in [0.3, 0.4) is 0 Å². The smallest absolute Gasteiger partial charge is 0.243 e. The molecule has 7 atom stereocenters. The standard InChI is InChI=1S/C28H49NO15S/c1-20-8-10-21(11-9-20)45(31,32)29-22(13-39-14-33-2)25(41-16-35-4)27(43-18-37-6)24(29)28(44-19-38-7)26(42-17-36-5)23(12-30)40-15-34-3/h8-11,22-28,30H,12-19H2,1-7H3/t22-,23-,24-,25-,26+,27-,28-/m0/s1. The van der Waals surface area contributed by atoms with E-state index in [4.69, 9.17) is 56.8 Å². The predicted octanol–water partition coefficient (Wildman–Crippen LogP) is 0.295. The van der Waals surface area contributed by atoms with Gasteiger partial charge in [-0.15, -0.1) is 0 Å². The average molecular weight is 672 g/mol. The zero-order valence-corrected chi connectivity index (χ0v) is 27.8. The van der Waals surface area contributed by atoms with Crippen LogP contribution in [-0.2, 0) is 66.9 Å². The second kappa shape index (κ2) is 21.5. The molecule has 0 aliphatic carbocycles. The Morgan fingerprint density at radius 3 is 1.82 bits per heavy atom. The van der Waals surface area contributed by atoms with Crippen molar-refractivity contribution in [3.05, 3.63) is 29.8 Å². The SMILES string of the molecule is COCOC[C@H]1[C@H](OCOC)[C@@H](OCOC)[C@@H]([C@H](OCOC)[C@H](OCOC)[C@H](CO)OCOC)N1S(=O)(=O)c1ccc(C)cc1. The number of hydrogen-bond acceptors (Lipinski definition) is 15. The highest BCUT2D eigenvalue weighted by molar-refractivity contribution is 7.89. The van der Waals surface area contributed by atoms with Gasteiger partial charge in [-0.05, 0) is 19.1 Å². The number of benzene rings is 1. The lowest BCUT2D eigenvalue weighted by Gasteiger charge is -2.40. The molecular weight excluding hydrogens is 622 g/mol. The molecule has 45 heavy (non-hydrogen) atoms. The van der Waals surface area contributed by atoms with Gasteiger partial charge in [0.15, 0.2) is 0 Å². The van der Waals surface area contributed by atoms with Crippen LogP contribution < -0.4 is 0 Å². The van der Waals surface area contributed by atoms with Crippen molar-refractivity contribution in [3.63, 3.8) is 0 Å². The van der Waals surface area contributed by atoms with Gasteiger partial charge in [-0.1, -0.05) is 17.7 Å². The molecule has 1 saturated heterocycles. The highest BCUT2D eigenvalue weighted by Crippen LogP contribution is 2.39. The summed E-state index contributed by atoms with van der Waals surface area (Å²) in [6.07, 6.45) is -5.50. The number of sulfonamides is 1. The molecule has 0 spiro atoms. The largest absolute Gasteiger partial charge is 0.394 e. The van der Waals surface area contributed by atoms with Gasteiger partial charge in [-0.25, -0.2) is 8.42 Å². The summed E-state index contributed by atoms with van der Waals surface area (Å²) >= 11 is 0. The molecule has 1 aliphatic heterocycles. The summed E-state index contributed by atoms with van der Waals surface area (Å²) in [6.45, 7) is -0.176. The molecule has 1 fully saturated rings.